The summed E-state index contributed by atoms with van der Waals surface area (Å²) >= 11 is 0. The molecule has 1 saturated heterocycles. The van der Waals surface area contributed by atoms with Gasteiger partial charge in [0.2, 0.25) is 0 Å². The Labute approximate surface area is 117 Å². The average Bonchev–Trinajstić information content (AvgIpc) is 2.26. The summed E-state index contributed by atoms with van der Waals surface area (Å²) in [4.78, 5) is 13.4. The minimum atomic E-state index is -0.495. The SMILES string of the molecule is CC(C)(C)OC(=O)N1CC(c2ccc(O)c([NH2+][O-])c2)C1. The average molecular weight is 280 g/mol. The summed E-state index contributed by atoms with van der Waals surface area (Å²) in [5, 5.41) is 20.3. The first-order valence-corrected chi connectivity index (χ1v) is 6.56. The molecule has 0 aromatic heterocycles. The lowest BCUT2D eigenvalue weighted by Gasteiger charge is -2.40. The van der Waals surface area contributed by atoms with Gasteiger partial charge in [-0.2, -0.15) is 0 Å². The highest BCUT2D eigenvalue weighted by Crippen LogP contribution is 2.31. The van der Waals surface area contributed by atoms with Crippen LogP contribution in [0.15, 0.2) is 18.2 Å². The van der Waals surface area contributed by atoms with Crippen LogP contribution in [-0.2, 0) is 4.74 Å². The van der Waals surface area contributed by atoms with Gasteiger partial charge >= 0.3 is 6.09 Å². The number of hydrogen-bond acceptors (Lipinski definition) is 4. The Balaban J connectivity index is 1.95. The van der Waals surface area contributed by atoms with E-state index in [4.69, 9.17) is 4.74 Å². The molecule has 0 unspecified atom stereocenters. The summed E-state index contributed by atoms with van der Waals surface area (Å²) in [7, 11) is 0. The second kappa shape index (κ2) is 5.30. The summed E-state index contributed by atoms with van der Waals surface area (Å²) < 4.78 is 5.28. The number of carbonyl (C=O) groups is 1. The summed E-state index contributed by atoms with van der Waals surface area (Å²) in [6.45, 7) is 6.63. The van der Waals surface area contributed by atoms with Gasteiger partial charge in [-0.15, -0.1) is 0 Å². The fourth-order valence-electron chi connectivity index (χ4n) is 2.09. The van der Waals surface area contributed by atoms with Crippen LogP contribution in [0.2, 0.25) is 0 Å². The van der Waals surface area contributed by atoms with Crippen molar-refractivity contribution in [3.05, 3.63) is 29.0 Å². The number of benzene rings is 1. The Kier molecular flexibility index (Phi) is 3.87. The van der Waals surface area contributed by atoms with Crippen molar-refractivity contribution in [3.63, 3.8) is 0 Å². The molecule has 0 bridgehead atoms. The summed E-state index contributed by atoms with van der Waals surface area (Å²) in [6.07, 6.45) is -0.317. The third-order valence-electron chi connectivity index (χ3n) is 3.18. The molecular weight excluding hydrogens is 260 g/mol. The van der Waals surface area contributed by atoms with Crippen molar-refractivity contribution in [2.24, 2.45) is 0 Å². The molecule has 1 heterocycles. The van der Waals surface area contributed by atoms with E-state index >= 15 is 0 Å². The molecule has 6 nitrogen and oxygen atoms in total. The third kappa shape index (κ3) is 3.20. The highest BCUT2D eigenvalue weighted by atomic mass is 16.6. The smallest absolute Gasteiger partial charge is 0.410 e. The first kappa shape index (κ1) is 14.6. The minimum absolute atomic E-state index is 0.0212. The van der Waals surface area contributed by atoms with E-state index in [0.717, 1.165) is 5.56 Å². The van der Waals surface area contributed by atoms with Crippen molar-refractivity contribution in [1.29, 1.82) is 0 Å². The van der Waals surface area contributed by atoms with E-state index in [1.165, 1.54) is 6.07 Å². The predicted molar refractivity (Wildman–Crippen MR) is 73.6 cm³/mol. The fraction of sp³-hybridized carbons (Fsp3) is 0.500. The largest absolute Gasteiger partial charge is 0.630 e. The molecule has 20 heavy (non-hydrogen) atoms. The van der Waals surface area contributed by atoms with Gasteiger partial charge < -0.3 is 25.4 Å². The van der Waals surface area contributed by atoms with Gasteiger partial charge in [-0.3, -0.25) is 0 Å². The number of ether oxygens (including phenoxy) is 1. The number of carbonyl (C=O) groups excluding carboxylic acids is 1. The highest BCUT2D eigenvalue weighted by molar-refractivity contribution is 5.69. The molecule has 1 aromatic carbocycles. The monoisotopic (exact) mass is 280 g/mol. The van der Waals surface area contributed by atoms with E-state index in [0.29, 0.717) is 18.6 Å². The number of amides is 1. The lowest BCUT2D eigenvalue weighted by atomic mass is 9.91. The molecule has 0 radical (unpaired) electrons. The first-order valence-electron chi connectivity index (χ1n) is 6.56. The second-order valence-corrected chi connectivity index (χ2v) is 6.02. The van der Waals surface area contributed by atoms with Crippen molar-refractivity contribution >= 4 is 11.8 Å². The maximum atomic E-state index is 11.8. The summed E-state index contributed by atoms with van der Waals surface area (Å²) in [5.74, 6) is 0.161. The van der Waals surface area contributed by atoms with Gasteiger partial charge in [0.25, 0.3) is 0 Å². The van der Waals surface area contributed by atoms with Gasteiger partial charge in [0.1, 0.15) is 5.60 Å². The van der Waals surface area contributed by atoms with Crippen molar-refractivity contribution in [2.75, 3.05) is 13.1 Å². The van der Waals surface area contributed by atoms with Gasteiger partial charge in [-0.1, -0.05) is 6.07 Å². The van der Waals surface area contributed by atoms with E-state index in [1.54, 1.807) is 17.0 Å². The Bertz CT molecular complexity index is 504. The van der Waals surface area contributed by atoms with E-state index in [2.05, 4.69) is 0 Å². The zero-order valence-corrected chi connectivity index (χ0v) is 11.9. The van der Waals surface area contributed by atoms with Gasteiger partial charge in [0, 0.05) is 25.1 Å². The molecule has 1 aromatic rings. The molecular formula is C14H20N2O4. The molecule has 1 amide bonds. The van der Waals surface area contributed by atoms with Gasteiger partial charge in [-0.05, 0) is 32.4 Å². The van der Waals surface area contributed by atoms with Gasteiger partial charge in [0.15, 0.2) is 11.4 Å². The lowest BCUT2D eigenvalue weighted by molar-refractivity contribution is -0.497. The maximum absolute atomic E-state index is 11.8. The Morgan fingerprint density at radius 3 is 2.65 bits per heavy atom. The van der Waals surface area contributed by atoms with E-state index in [9.17, 15) is 15.1 Å². The van der Waals surface area contributed by atoms with Crippen LogP contribution in [0.1, 0.15) is 32.3 Å². The number of nitrogens with zero attached hydrogens (tertiary/aromatic N) is 1. The molecule has 2 rings (SSSR count). The van der Waals surface area contributed by atoms with Crippen LogP contribution in [0.25, 0.3) is 0 Å². The third-order valence-corrected chi connectivity index (χ3v) is 3.18. The Hall–Kier alpha value is -1.79. The number of rotatable bonds is 2. The minimum Gasteiger partial charge on any atom is -0.630 e. The zero-order valence-electron chi connectivity index (χ0n) is 11.9. The Morgan fingerprint density at radius 2 is 2.10 bits per heavy atom. The normalized spacial score (nSPS) is 15.9. The maximum Gasteiger partial charge on any atom is 0.410 e. The number of likely N-dealkylation sites (tertiary alicyclic amines) is 1. The molecule has 1 aliphatic heterocycles. The predicted octanol–water partition coefficient (Wildman–Crippen LogP) is 1.42. The molecule has 0 spiro atoms. The van der Waals surface area contributed by atoms with Crippen molar-refractivity contribution in [3.8, 4) is 5.75 Å². The first-order chi connectivity index (χ1) is 9.30. The fourth-order valence-corrected chi connectivity index (χ4v) is 2.09. The number of hydrogen-bond donors (Lipinski definition) is 2. The molecule has 1 fully saturated rings. The van der Waals surface area contributed by atoms with Crippen LogP contribution in [0.4, 0.5) is 10.5 Å². The van der Waals surface area contributed by atoms with Crippen LogP contribution in [0.5, 0.6) is 5.75 Å². The number of phenols is 1. The lowest BCUT2D eigenvalue weighted by Crippen LogP contribution is -2.70. The number of aromatic hydroxyl groups is 1. The zero-order chi connectivity index (χ0) is 14.9. The molecule has 0 aliphatic carbocycles. The molecule has 0 atom stereocenters. The molecule has 6 heteroatoms. The van der Waals surface area contributed by atoms with Crippen LogP contribution < -0.4 is 5.48 Å². The van der Waals surface area contributed by atoms with Crippen molar-refractivity contribution in [1.82, 2.24) is 4.90 Å². The Morgan fingerprint density at radius 1 is 1.45 bits per heavy atom. The highest BCUT2D eigenvalue weighted by Gasteiger charge is 2.34. The summed E-state index contributed by atoms with van der Waals surface area (Å²) in [6, 6.07) is 4.95. The molecule has 110 valence electrons. The standard InChI is InChI=1S/C14H20N2O4/c1-14(2,3)20-13(18)16-7-10(8-16)9-4-5-12(17)11(6-9)15-19/h4-6,10,17H,7-8,15H2,1-3H3. The van der Waals surface area contributed by atoms with Crippen LogP contribution in [0, 0.1) is 5.21 Å². The molecule has 3 N–H and O–H groups in total. The number of quaternary nitrogens is 1. The second-order valence-electron chi connectivity index (χ2n) is 6.02. The quantitative estimate of drug-likeness (QED) is 0.487. The molecule has 0 saturated carbocycles. The number of phenolic OH excluding ortho intramolecular Hbond substituents is 1. The van der Waals surface area contributed by atoms with Crippen molar-refractivity contribution < 1.29 is 20.1 Å². The molecule has 1 aliphatic rings. The van der Waals surface area contributed by atoms with Crippen molar-refractivity contribution in [2.45, 2.75) is 32.3 Å². The summed E-state index contributed by atoms with van der Waals surface area (Å²) in [5.41, 5.74) is 1.36. The van der Waals surface area contributed by atoms with E-state index in [1.807, 2.05) is 20.8 Å². The van der Waals surface area contributed by atoms with E-state index in [-0.39, 0.29) is 23.4 Å². The van der Waals surface area contributed by atoms with Crippen LogP contribution in [-0.4, -0.2) is 34.8 Å². The number of nitrogens with two attached hydrogens (primary N) is 1. The van der Waals surface area contributed by atoms with E-state index < -0.39 is 5.60 Å². The van der Waals surface area contributed by atoms with Gasteiger partial charge in [0.05, 0.1) is 0 Å². The topological polar surface area (TPSA) is 89.4 Å². The van der Waals surface area contributed by atoms with Crippen LogP contribution in [0.3, 0.4) is 0 Å². The van der Waals surface area contributed by atoms with Gasteiger partial charge in [-0.25, -0.2) is 4.79 Å². The van der Waals surface area contributed by atoms with Crippen LogP contribution >= 0.6 is 0 Å².